The molecule has 5 nitrogen and oxygen atoms in total. The minimum absolute atomic E-state index is 0.329. The Morgan fingerprint density at radius 2 is 1.59 bits per heavy atom. The summed E-state index contributed by atoms with van der Waals surface area (Å²) in [5.41, 5.74) is 4.55. The number of benzene rings is 3. The highest BCUT2D eigenvalue weighted by Gasteiger charge is 2.12. The van der Waals surface area contributed by atoms with Crippen molar-refractivity contribution >= 4 is 23.3 Å². The molecule has 0 radical (unpaired) electrons. The molecule has 168 valence electrons. The van der Waals surface area contributed by atoms with Crippen LogP contribution in [-0.2, 0) is 17.9 Å². The van der Waals surface area contributed by atoms with Crippen molar-refractivity contribution in [2.45, 2.75) is 33.9 Å². The molecular formula is C26H28ClNO4. The molecule has 0 aliphatic heterocycles. The lowest BCUT2D eigenvalue weighted by Gasteiger charge is -2.16. The first kappa shape index (κ1) is 23.5. The zero-order valence-electron chi connectivity index (χ0n) is 18.6. The van der Waals surface area contributed by atoms with Gasteiger partial charge in [0.05, 0.1) is 18.8 Å². The summed E-state index contributed by atoms with van der Waals surface area (Å²) in [5.74, 6) is 0.933. The van der Waals surface area contributed by atoms with Crippen molar-refractivity contribution in [1.82, 2.24) is 0 Å². The van der Waals surface area contributed by atoms with Crippen LogP contribution in [-0.4, -0.2) is 19.2 Å². The molecule has 0 atom stereocenters. The van der Waals surface area contributed by atoms with E-state index in [9.17, 15) is 4.79 Å². The highest BCUT2D eigenvalue weighted by molar-refractivity contribution is 6.31. The minimum Gasteiger partial charge on any atom is -0.490 e. The molecule has 1 N–H and O–H groups in total. The van der Waals surface area contributed by atoms with Crippen LogP contribution in [0.15, 0.2) is 60.7 Å². The Morgan fingerprint density at radius 3 is 2.25 bits per heavy atom. The van der Waals surface area contributed by atoms with E-state index in [4.69, 9.17) is 25.8 Å². The van der Waals surface area contributed by atoms with Crippen molar-refractivity contribution < 1.29 is 19.0 Å². The Bertz CT molecular complexity index is 1030. The predicted molar refractivity (Wildman–Crippen MR) is 128 cm³/mol. The van der Waals surface area contributed by atoms with E-state index in [1.807, 2.05) is 37.3 Å². The molecule has 0 heterocycles. The summed E-state index contributed by atoms with van der Waals surface area (Å²) >= 11 is 6.54. The topological polar surface area (TPSA) is 56.8 Å². The third kappa shape index (κ3) is 6.41. The van der Waals surface area contributed by atoms with Crippen LogP contribution < -0.4 is 14.8 Å². The van der Waals surface area contributed by atoms with Gasteiger partial charge in [-0.25, -0.2) is 4.79 Å². The summed E-state index contributed by atoms with van der Waals surface area (Å²) in [7, 11) is 0. The fourth-order valence-corrected chi connectivity index (χ4v) is 3.30. The van der Waals surface area contributed by atoms with Crippen LogP contribution in [0.25, 0.3) is 0 Å². The van der Waals surface area contributed by atoms with E-state index in [1.165, 1.54) is 5.56 Å². The number of rotatable bonds is 10. The molecule has 0 saturated carbocycles. The molecular weight excluding hydrogens is 426 g/mol. The van der Waals surface area contributed by atoms with Gasteiger partial charge < -0.3 is 19.5 Å². The minimum atomic E-state index is -0.329. The van der Waals surface area contributed by atoms with E-state index in [0.717, 1.165) is 16.8 Å². The quantitative estimate of drug-likeness (QED) is 0.359. The number of ether oxygens (including phenoxy) is 3. The maximum absolute atomic E-state index is 11.8. The van der Waals surface area contributed by atoms with Crippen molar-refractivity contribution in [3.8, 4) is 11.5 Å². The van der Waals surface area contributed by atoms with E-state index >= 15 is 0 Å². The molecule has 0 amide bonds. The van der Waals surface area contributed by atoms with Gasteiger partial charge in [0, 0.05) is 23.3 Å². The predicted octanol–water partition coefficient (Wildman–Crippen LogP) is 6.41. The summed E-state index contributed by atoms with van der Waals surface area (Å²) in [6, 6.07) is 19.0. The van der Waals surface area contributed by atoms with E-state index in [-0.39, 0.29) is 5.97 Å². The van der Waals surface area contributed by atoms with Crippen molar-refractivity contribution in [3.63, 3.8) is 0 Å². The average molecular weight is 454 g/mol. The van der Waals surface area contributed by atoms with Gasteiger partial charge in [-0.05, 0) is 62.2 Å². The Kier molecular flexibility index (Phi) is 8.40. The summed E-state index contributed by atoms with van der Waals surface area (Å²) < 4.78 is 16.8. The summed E-state index contributed by atoms with van der Waals surface area (Å²) in [6.45, 7) is 7.57. The molecule has 0 aliphatic carbocycles. The largest absolute Gasteiger partial charge is 0.490 e. The molecule has 3 aromatic rings. The number of carbonyl (C=O) groups excluding carboxylic acids is 1. The molecule has 3 aromatic carbocycles. The molecule has 0 saturated heterocycles. The Hall–Kier alpha value is -3.18. The van der Waals surface area contributed by atoms with Crippen molar-refractivity contribution in [2.24, 2.45) is 0 Å². The van der Waals surface area contributed by atoms with Crippen LogP contribution in [0.4, 0.5) is 5.69 Å². The number of nitrogens with one attached hydrogen (secondary N) is 1. The second kappa shape index (κ2) is 11.4. The number of hydrogen-bond acceptors (Lipinski definition) is 5. The zero-order valence-corrected chi connectivity index (χ0v) is 19.4. The fraction of sp³-hybridized carbons (Fsp3) is 0.269. The van der Waals surface area contributed by atoms with E-state index in [1.54, 1.807) is 25.1 Å². The van der Waals surface area contributed by atoms with E-state index in [0.29, 0.717) is 48.5 Å². The molecule has 0 bridgehead atoms. The average Bonchev–Trinajstić information content (AvgIpc) is 2.80. The zero-order chi connectivity index (χ0) is 22.9. The van der Waals surface area contributed by atoms with E-state index < -0.39 is 0 Å². The van der Waals surface area contributed by atoms with Gasteiger partial charge in [-0.2, -0.15) is 0 Å². The van der Waals surface area contributed by atoms with Crippen molar-refractivity contribution in [1.29, 1.82) is 0 Å². The molecule has 0 fully saturated rings. The number of halogens is 1. The third-order valence-corrected chi connectivity index (χ3v) is 5.16. The second-order valence-corrected chi connectivity index (χ2v) is 7.66. The van der Waals surface area contributed by atoms with Gasteiger partial charge in [-0.15, -0.1) is 0 Å². The van der Waals surface area contributed by atoms with E-state index in [2.05, 4.69) is 24.4 Å². The van der Waals surface area contributed by atoms with Crippen LogP contribution in [0.1, 0.15) is 40.9 Å². The number of carbonyl (C=O) groups is 1. The second-order valence-electron chi connectivity index (χ2n) is 7.25. The molecule has 0 unspecified atom stereocenters. The lowest BCUT2D eigenvalue weighted by Crippen LogP contribution is -2.06. The SMILES string of the molecule is CCOC(=O)c1ccc(NCc2cc(OCC)c(OCc3ccc(C)cc3)cc2Cl)cc1. The molecule has 0 spiro atoms. The number of anilines is 1. The highest BCUT2D eigenvalue weighted by Crippen LogP contribution is 2.34. The molecule has 3 rings (SSSR count). The standard InChI is InChI=1S/C26H28ClNO4/c1-4-30-24-14-21(16-28-22-12-10-20(11-13-22)26(29)31-5-2)23(27)15-25(24)32-17-19-8-6-18(3)7-9-19/h6-15,28H,4-5,16-17H2,1-3H3. The first-order valence-corrected chi connectivity index (χ1v) is 11.0. The smallest absolute Gasteiger partial charge is 0.338 e. The van der Waals surface area contributed by atoms with Gasteiger partial charge in [0.25, 0.3) is 0 Å². The molecule has 0 aliphatic rings. The Labute approximate surface area is 194 Å². The Balaban J connectivity index is 1.68. The van der Waals surface area contributed by atoms with Crippen LogP contribution in [0, 0.1) is 6.92 Å². The monoisotopic (exact) mass is 453 g/mol. The van der Waals surface area contributed by atoms with Gasteiger partial charge in [0.1, 0.15) is 6.61 Å². The van der Waals surface area contributed by atoms with Gasteiger partial charge in [0.2, 0.25) is 0 Å². The van der Waals surface area contributed by atoms with Gasteiger partial charge in [0.15, 0.2) is 11.5 Å². The fourth-order valence-electron chi connectivity index (χ4n) is 3.08. The van der Waals surface area contributed by atoms with Crippen LogP contribution >= 0.6 is 11.6 Å². The molecule has 6 heteroatoms. The van der Waals surface area contributed by atoms with Gasteiger partial charge >= 0.3 is 5.97 Å². The first-order valence-electron chi connectivity index (χ1n) is 10.6. The van der Waals surface area contributed by atoms with Crippen LogP contribution in [0.3, 0.4) is 0 Å². The van der Waals surface area contributed by atoms with Gasteiger partial charge in [-0.1, -0.05) is 41.4 Å². The lowest BCUT2D eigenvalue weighted by molar-refractivity contribution is 0.0526. The van der Waals surface area contributed by atoms with Crippen LogP contribution in [0.5, 0.6) is 11.5 Å². The highest BCUT2D eigenvalue weighted by atomic mass is 35.5. The maximum Gasteiger partial charge on any atom is 0.338 e. The Morgan fingerprint density at radius 1 is 0.906 bits per heavy atom. The number of esters is 1. The summed E-state index contributed by atoms with van der Waals surface area (Å²) in [6.07, 6.45) is 0. The number of hydrogen-bond donors (Lipinski definition) is 1. The molecule has 32 heavy (non-hydrogen) atoms. The van der Waals surface area contributed by atoms with Gasteiger partial charge in [-0.3, -0.25) is 0 Å². The van der Waals surface area contributed by atoms with Crippen molar-refractivity contribution in [2.75, 3.05) is 18.5 Å². The molecule has 0 aromatic heterocycles. The lowest BCUT2D eigenvalue weighted by atomic mass is 10.1. The van der Waals surface area contributed by atoms with Crippen molar-refractivity contribution in [3.05, 3.63) is 87.9 Å². The summed E-state index contributed by atoms with van der Waals surface area (Å²) in [4.78, 5) is 11.8. The summed E-state index contributed by atoms with van der Waals surface area (Å²) in [5, 5.41) is 3.91. The van der Waals surface area contributed by atoms with Crippen LogP contribution in [0.2, 0.25) is 5.02 Å². The number of aryl methyl sites for hydroxylation is 1. The normalized spacial score (nSPS) is 10.5. The third-order valence-electron chi connectivity index (χ3n) is 4.81. The first-order chi connectivity index (χ1) is 15.5. The maximum atomic E-state index is 11.8.